The van der Waals surface area contributed by atoms with Gasteiger partial charge in [-0.25, -0.2) is 0 Å². The van der Waals surface area contributed by atoms with E-state index in [1.807, 2.05) is 0 Å². The highest BCUT2D eigenvalue weighted by atomic mass is 14.9. The van der Waals surface area contributed by atoms with E-state index in [0.717, 1.165) is 6.54 Å². The van der Waals surface area contributed by atoms with E-state index in [2.05, 4.69) is 66.8 Å². The van der Waals surface area contributed by atoms with Crippen LogP contribution in [0.15, 0.2) is 54.6 Å². The number of benzene rings is 2. The van der Waals surface area contributed by atoms with Gasteiger partial charge >= 0.3 is 0 Å². The van der Waals surface area contributed by atoms with E-state index in [4.69, 9.17) is 0 Å². The van der Waals surface area contributed by atoms with E-state index in [9.17, 15) is 0 Å². The first-order valence-electron chi connectivity index (χ1n) is 6.69. The zero-order chi connectivity index (χ0) is 12.4. The Labute approximate surface area is 109 Å². The van der Waals surface area contributed by atoms with Gasteiger partial charge in [0.15, 0.2) is 0 Å². The highest BCUT2D eigenvalue weighted by Gasteiger charge is 2.29. The second kappa shape index (κ2) is 4.95. The van der Waals surface area contributed by atoms with Gasteiger partial charge in [0.1, 0.15) is 0 Å². The van der Waals surface area contributed by atoms with Crippen LogP contribution in [-0.2, 0) is 13.0 Å². The van der Waals surface area contributed by atoms with E-state index in [1.165, 1.54) is 23.1 Å². The minimum atomic E-state index is 0.542. The maximum absolute atomic E-state index is 3.64. The summed E-state index contributed by atoms with van der Waals surface area (Å²) < 4.78 is 0. The molecule has 0 unspecified atom stereocenters. The Hall–Kier alpha value is -1.60. The molecule has 0 heterocycles. The lowest BCUT2D eigenvalue weighted by molar-refractivity contribution is 0.424. The van der Waals surface area contributed by atoms with Crippen molar-refractivity contribution < 1.29 is 0 Å². The molecule has 0 saturated carbocycles. The van der Waals surface area contributed by atoms with E-state index in [1.54, 1.807) is 0 Å². The average Bonchev–Trinajstić information content (AvgIpc) is 2.39. The van der Waals surface area contributed by atoms with Crippen molar-refractivity contribution >= 4 is 0 Å². The molecule has 0 saturated heterocycles. The molecular formula is C17H19N. The van der Waals surface area contributed by atoms with E-state index in [-0.39, 0.29) is 0 Å². The molecule has 1 aliphatic rings. The molecule has 0 bridgehead atoms. The Morgan fingerprint density at radius 2 is 1.78 bits per heavy atom. The van der Waals surface area contributed by atoms with Crippen LogP contribution in [0.3, 0.4) is 0 Å². The quantitative estimate of drug-likeness (QED) is 0.858. The first-order valence-corrected chi connectivity index (χ1v) is 6.69. The average molecular weight is 237 g/mol. The molecule has 2 aromatic carbocycles. The summed E-state index contributed by atoms with van der Waals surface area (Å²) in [6.45, 7) is 3.25. The molecule has 3 rings (SSSR count). The minimum absolute atomic E-state index is 0.542. The Morgan fingerprint density at radius 1 is 1.06 bits per heavy atom. The Kier molecular flexibility index (Phi) is 3.16. The lowest BCUT2D eigenvalue weighted by Gasteiger charge is -2.35. The fourth-order valence-corrected chi connectivity index (χ4v) is 2.76. The van der Waals surface area contributed by atoms with Crippen molar-refractivity contribution in [1.82, 2.24) is 5.32 Å². The summed E-state index contributed by atoms with van der Waals surface area (Å²) >= 11 is 0. The van der Waals surface area contributed by atoms with Crippen LogP contribution in [0.4, 0.5) is 0 Å². The first kappa shape index (κ1) is 11.5. The zero-order valence-electron chi connectivity index (χ0n) is 10.8. The van der Waals surface area contributed by atoms with Gasteiger partial charge in [-0.1, -0.05) is 54.6 Å². The van der Waals surface area contributed by atoms with Crippen molar-refractivity contribution in [2.75, 3.05) is 0 Å². The molecule has 0 amide bonds. The van der Waals surface area contributed by atoms with Gasteiger partial charge in [-0.2, -0.15) is 0 Å². The molecule has 1 aliphatic carbocycles. The number of hydrogen-bond donors (Lipinski definition) is 1. The summed E-state index contributed by atoms with van der Waals surface area (Å²) in [7, 11) is 0. The third-order valence-electron chi connectivity index (χ3n) is 3.97. The largest absolute Gasteiger partial charge is 0.310 e. The fourth-order valence-electron chi connectivity index (χ4n) is 2.76. The lowest BCUT2D eigenvalue weighted by atomic mass is 9.74. The summed E-state index contributed by atoms with van der Waals surface area (Å²) in [6, 6.07) is 19.9. The van der Waals surface area contributed by atoms with Gasteiger partial charge in [-0.15, -0.1) is 0 Å². The lowest BCUT2D eigenvalue weighted by Crippen LogP contribution is -2.37. The van der Waals surface area contributed by atoms with Crippen molar-refractivity contribution in [3.63, 3.8) is 0 Å². The van der Waals surface area contributed by atoms with Crippen molar-refractivity contribution in [3.05, 3.63) is 71.3 Å². The maximum Gasteiger partial charge on any atom is 0.0208 e. The number of fused-ring (bicyclic) bond motifs is 1. The van der Waals surface area contributed by atoms with E-state index >= 15 is 0 Å². The van der Waals surface area contributed by atoms with Gasteiger partial charge in [0.2, 0.25) is 0 Å². The molecule has 0 fully saturated rings. The van der Waals surface area contributed by atoms with Gasteiger partial charge < -0.3 is 5.32 Å². The molecule has 0 aliphatic heterocycles. The van der Waals surface area contributed by atoms with Crippen LogP contribution in [0.5, 0.6) is 0 Å². The molecule has 2 atom stereocenters. The third kappa shape index (κ3) is 2.19. The third-order valence-corrected chi connectivity index (χ3v) is 3.97. The topological polar surface area (TPSA) is 12.0 Å². The molecule has 1 nitrogen and oxygen atoms in total. The summed E-state index contributed by atoms with van der Waals surface area (Å²) in [5, 5.41) is 3.64. The van der Waals surface area contributed by atoms with Crippen molar-refractivity contribution in [2.24, 2.45) is 0 Å². The molecule has 2 aromatic rings. The maximum atomic E-state index is 3.64. The summed E-state index contributed by atoms with van der Waals surface area (Å²) in [5.41, 5.74) is 4.42. The highest BCUT2D eigenvalue weighted by molar-refractivity contribution is 5.41. The first-order chi connectivity index (χ1) is 8.84. The molecular weight excluding hydrogens is 218 g/mol. The Balaban J connectivity index is 1.59. The van der Waals surface area contributed by atoms with Crippen LogP contribution >= 0.6 is 0 Å². The van der Waals surface area contributed by atoms with Crippen molar-refractivity contribution in [2.45, 2.75) is 31.8 Å². The van der Waals surface area contributed by atoms with Gasteiger partial charge in [-0.05, 0) is 30.0 Å². The molecule has 0 spiro atoms. The monoisotopic (exact) mass is 237 g/mol. The number of rotatable bonds is 4. The van der Waals surface area contributed by atoms with E-state index < -0.39 is 0 Å². The predicted octanol–water partition coefficient (Wildman–Crippen LogP) is 3.50. The van der Waals surface area contributed by atoms with Crippen LogP contribution in [0.25, 0.3) is 0 Å². The number of nitrogens with one attached hydrogen (secondary N) is 1. The van der Waals surface area contributed by atoms with E-state index in [0.29, 0.717) is 12.0 Å². The second-order valence-electron chi connectivity index (χ2n) is 5.16. The van der Waals surface area contributed by atoms with Crippen LogP contribution in [-0.4, -0.2) is 6.04 Å². The van der Waals surface area contributed by atoms with Gasteiger partial charge in [0, 0.05) is 18.5 Å². The number of hydrogen-bond acceptors (Lipinski definition) is 1. The van der Waals surface area contributed by atoms with Crippen molar-refractivity contribution in [1.29, 1.82) is 0 Å². The Bertz CT molecular complexity index is 518. The van der Waals surface area contributed by atoms with Crippen LogP contribution in [0.1, 0.15) is 29.5 Å². The summed E-state index contributed by atoms with van der Waals surface area (Å²) in [4.78, 5) is 0. The van der Waals surface area contributed by atoms with Gasteiger partial charge in [-0.3, -0.25) is 0 Å². The molecule has 1 N–H and O–H groups in total. The molecule has 92 valence electrons. The fraction of sp³-hybridized carbons (Fsp3) is 0.294. The van der Waals surface area contributed by atoms with Crippen molar-refractivity contribution in [3.8, 4) is 0 Å². The Morgan fingerprint density at radius 3 is 2.56 bits per heavy atom. The second-order valence-corrected chi connectivity index (χ2v) is 5.16. The molecule has 18 heavy (non-hydrogen) atoms. The van der Waals surface area contributed by atoms with Gasteiger partial charge in [0.05, 0.1) is 0 Å². The van der Waals surface area contributed by atoms with Crippen LogP contribution in [0, 0.1) is 0 Å². The molecule has 0 aromatic heterocycles. The highest BCUT2D eigenvalue weighted by Crippen LogP contribution is 2.37. The minimum Gasteiger partial charge on any atom is -0.310 e. The smallest absolute Gasteiger partial charge is 0.0208 e. The summed E-state index contributed by atoms with van der Waals surface area (Å²) in [5.74, 6) is 0.685. The normalized spacial score (nSPS) is 18.8. The standard InChI is InChI=1S/C17H19N/c1-13(18-12-14-7-3-2-4-8-14)17-11-15-9-5-6-10-16(15)17/h2-10,13,17-18H,11-12H2,1H3/t13-,17+/m0/s1. The van der Waals surface area contributed by atoms with Crippen LogP contribution < -0.4 is 5.32 Å². The predicted molar refractivity (Wildman–Crippen MR) is 75.6 cm³/mol. The molecule has 0 radical (unpaired) electrons. The molecule has 1 heteroatoms. The SMILES string of the molecule is C[C@H](NCc1ccccc1)[C@H]1Cc2ccccc21. The zero-order valence-corrected chi connectivity index (χ0v) is 10.8. The van der Waals surface area contributed by atoms with Gasteiger partial charge in [0.25, 0.3) is 0 Å². The van der Waals surface area contributed by atoms with Crippen LogP contribution in [0.2, 0.25) is 0 Å². The summed E-state index contributed by atoms with van der Waals surface area (Å²) in [6.07, 6.45) is 1.22.